The number of anilines is 3. The Bertz CT molecular complexity index is 3640. The average Bonchev–Trinajstić information content (AvgIpc) is 3.74. The molecule has 62 heavy (non-hydrogen) atoms. The Balaban J connectivity index is 1.08. The van der Waals surface area contributed by atoms with Gasteiger partial charge in [-0.3, -0.25) is 0 Å². The van der Waals surface area contributed by atoms with Crippen molar-refractivity contribution in [2.75, 3.05) is 4.90 Å². The summed E-state index contributed by atoms with van der Waals surface area (Å²) in [6.07, 6.45) is 0. The molecule has 0 atom stereocenters. The molecule has 290 valence electrons. The third-order valence-corrected chi connectivity index (χ3v) is 12.4. The van der Waals surface area contributed by atoms with Gasteiger partial charge in [0.15, 0.2) is 0 Å². The van der Waals surface area contributed by atoms with Crippen LogP contribution in [0.15, 0.2) is 241 Å². The fourth-order valence-corrected chi connectivity index (χ4v) is 9.57. The zero-order valence-corrected chi connectivity index (χ0v) is 33.9. The van der Waals surface area contributed by atoms with Gasteiger partial charge in [0.25, 0.3) is 0 Å². The first-order valence-electron chi connectivity index (χ1n) is 21.2. The fraction of sp³-hybridized carbons (Fsp3) is 0. The van der Waals surface area contributed by atoms with E-state index in [9.17, 15) is 0 Å². The summed E-state index contributed by atoms with van der Waals surface area (Å²) in [4.78, 5) is 2.40. The highest BCUT2D eigenvalue weighted by molar-refractivity contribution is 6.22. The molecule has 0 saturated carbocycles. The summed E-state index contributed by atoms with van der Waals surface area (Å²) in [6, 6.07) is 85.6. The number of para-hydroxylation sites is 1. The first-order chi connectivity index (χ1) is 30.7. The highest BCUT2D eigenvalue weighted by Gasteiger charge is 2.22. The summed E-state index contributed by atoms with van der Waals surface area (Å²) in [5.74, 6) is 0. The second kappa shape index (κ2) is 14.8. The van der Waals surface area contributed by atoms with E-state index in [1.807, 2.05) is 6.07 Å². The minimum atomic E-state index is 0.861. The molecule has 0 bridgehead atoms. The molecule has 1 aromatic heterocycles. The Morgan fingerprint density at radius 1 is 0.274 bits per heavy atom. The summed E-state index contributed by atoms with van der Waals surface area (Å²) in [6.45, 7) is 0. The van der Waals surface area contributed by atoms with Gasteiger partial charge in [-0.15, -0.1) is 0 Å². The minimum absolute atomic E-state index is 0.861. The van der Waals surface area contributed by atoms with Crippen LogP contribution >= 0.6 is 0 Å². The Labute approximate surface area is 360 Å². The molecule has 0 saturated heterocycles. The molecular weight excluding hydrogens is 751 g/mol. The van der Waals surface area contributed by atoms with Crippen LogP contribution in [0.4, 0.5) is 17.1 Å². The van der Waals surface area contributed by atoms with Crippen LogP contribution in [0.2, 0.25) is 0 Å². The molecule has 12 aromatic rings. The maximum absolute atomic E-state index is 6.48. The molecular formula is C60H39NO. The fourth-order valence-electron chi connectivity index (χ4n) is 9.57. The largest absolute Gasteiger partial charge is 0.456 e. The Hall–Kier alpha value is -8.20. The van der Waals surface area contributed by atoms with E-state index in [-0.39, 0.29) is 0 Å². The van der Waals surface area contributed by atoms with E-state index < -0.39 is 0 Å². The van der Waals surface area contributed by atoms with Gasteiger partial charge in [-0.25, -0.2) is 0 Å². The number of hydrogen-bond acceptors (Lipinski definition) is 2. The van der Waals surface area contributed by atoms with E-state index in [1.165, 1.54) is 60.1 Å². The standard InChI is InChI=1S/C60H39NO/c1-3-17-41(18-4-1)58-52-27-10-9-26-50(52)51-35-34-47(39-54(51)59(58)42-19-5-2-6-20-42)45-23-14-25-49(38-45)61(55-29-15-31-57-60(55)53-28-11-12-30-56(53)62-57)48-24-13-22-44(37-48)46-33-32-40-16-7-8-21-43(40)36-46/h1-39H. The Morgan fingerprint density at radius 3 is 1.50 bits per heavy atom. The third kappa shape index (κ3) is 6.04. The van der Waals surface area contributed by atoms with Crippen molar-refractivity contribution in [3.8, 4) is 44.5 Å². The molecule has 11 aromatic carbocycles. The molecule has 0 aliphatic heterocycles. The van der Waals surface area contributed by atoms with Crippen molar-refractivity contribution < 1.29 is 4.42 Å². The maximum Gasteiger partial charge on any atom is 0.137 e. The van der Waals surface area contributed by atoms with Crippen LogP contribution in [0.1, 0.15) is 0 Å². The first-order valence-corrected chi connectivity index (χ1v) is 21.2. The van der Waals surface area contributed by atoms with Gasteiger partial charge in [0, 0.05) is 16.8 Å². The van der Waals surface area contributed by atoms with Gasteiger partial charge in [-0.2, -0.15) is 0 Å². The molecule has 0 spiro atoms. The normalized spacial score (nSPS) is 11.5. The molecule has 0 aliphatic carbocycles. The lowest BCUT2D eigenvalue weighted by molar-refractivity contribution is 0.669. The van der Waals surface area contributed by atoms with E-state index in [1.54, 1.807) is 0 Å². The second-order valence-electron chi connectivity index (χ2n) is 16.0. The SMILES string of the molecule is c1ccc(-c2c(-c3ccccc3)c3cc(-c4cccc(N(c5cccc(-c6ccc7ccccc7c6)c5)c5cccc6oc7ccccc7c56)c4)ccc3c3ccccc23)cc1. The van der Waals surface area contributed by atoms with Gasteiger partial charge < -0.3 is 9.32 Å². The van der Waals surface area contributed by atoms with Crippen LogP contribution in [0, 0.1) is 0 Å². The van der Waals surface area contributed by atoms with Gasteiger partial charge in [0.05, 0.1) is 11.1 Å². The van der Waals surface area contributed by atoms with Crippen LogP contribution in [-0.2, 0) is 0 Å². The highest BCUT2D eigenvalue weighted by atomic mass is 16.3. The summed E-state index contributed by atoms with van der Waals surface area (Å²) in [5, 5.41) is 9.61. The van der Waals surface area contributed by atoms with Crippen molar-refractivity contribution in [2.45, 2.75) is 0 Å². The van der Waals surface area contributed by atoms with Crippen LogP contribution in [-0.4, -0.2) is 0 Å². The van der Waals surface area contributed by atoms with Crippen molar-refractivity contribution in [1.82, 2.24) is 0 Å². The van der Waals surface area contributed by atoms with Gasteiger partial charge in [-0.1, -0.05) is 182 Å². The van der Waals surface area contributed by atoms with Crippen LogP contribution < -0.4 is 4.90 Å². The molecule has 2 heteroatoms. The maximum atomic E-state index is 6.48. The van der Waals surface area contributed by atoms with Crippen molar-refractivity contribution >= 4 is 71.3 Å². The van der Waals surface area contributed by atoms with E-state index in [0.29, 0.717) is 0 Å². The van der Waals surface area contributed by atoms with Crippen molar-refractivity contribution in [2.24, 2.45) is 0 Å². The average molecular weight is 790 g/mol. The monoisotopic (exact) mass is 789 g/mol. The quantitative estimate of drug-likeness (QED) is 0.150. The van der Waals surface area contributed by atoms with Crippen LogP contribution in [0.5, 0.6) is 0 Å². The number of fused-ring (bicyclic) bond motifs is 7. The predicted octanol–water partition coefficient (Wildman–Crippen LogP) is 17.2. The number of rotatable bonds is 7. The summed E-state index contributed by atoms with van der Waals surface area (Å²) >= 11 is 0. The lowest BCUT2D eigenvalue weighted by Crippen LogP contribution is -2.10. The summed E-state index contributed by atoms with van der Waals surface area (Å²) < 4.78 is 6.48. The lowest BCUT2D eigenvalue weighted by atomic mass is 9.84. The van der Waals surface area contributed by atoms with Gasteiger partial charge >= 0.3 is 0 Å². The first kappa shape index (κ1) is 35.7. The highest BCUT2D eigenvalue weighted by Crippen LogP contribution is 2.47. The molecule has 1 heterocycles. The predicted molar refractivity (Wildman–Crippen MR) is 263 cm³/mol. The van der Waals surface area contributed by atoms with Crippen molar-refractivity contribution in [1.29, 1.82) is 0 Å². The summed E-state index contributed by atoms with van der Waals surface area (Å²) in [7, 11) is 0. The molecule has 0 radical (unpaired) electrons. The second-order valence-corrected chi connectivity index (χ2v) is 16.0. The third-order valence-electron chi connectivity index (χ3n) is 12.4. The van der Waals surface area contributed by atoms with Crippen molar-refractivity contribution in [3.63, 3.8) is 0 Å². The van der Waals surface area contributed by atoms with Crippen LogP contribution in [0.25, 0.3) is 98.8 Å². The number of benzene rings is 11. The van der Waals surface area contributed by atoms with Gasteiger partial charge in [0.1, 0.15) is 11.2 Å². The molecule has 0 N–H and O–H groups in total. The van der Waals surface area contributed by atoms with E-state index in [2.05, 4.69) is 235 Å². The Morgan fingerprint density at radius 2 is 0.774 bits per heavy atom. The summed E-state index contributed by atoms with van der Waals surface area (Å²) in [5.41, 5.74) is 14.5. The van der Waals surface area contributed by atoms with Crippen molar-refractivity contribution in [3.05, 3.63) is 237 Å². The van der Waals surface area contributed by atoms with Gasteiger partial charge in [-0.05, 0) is 131 Å². The zero-order valence-electron chi connectivity index (χ0n) is 33.9. The molecule has 0 amide bonds. The van der Waals surface area contributed by atoms with E-state index in [4.69, 9.17) is 4.42 Å². The van der Waals surface area contributed by atoms with Crippen LogP contribution in [0.3, 0.4) is 0 Å². The van der Waals surface area contributed by atoms with E-state index in [0.717, 1.165) is 55.7 Å². The molecule has 2 nitrogen and oxygen atoms in total. The molecule has 0 aliphatic rings. The Kier molecular flexibility index (Phi) is 8.53. The lowest BCUT2D eigenvalue weighted by Gasteiger charge is -2.27. The minimum Gasteiger partial charge on any atom is -0.456 e. The molecule has 0 unspecified atom stereocenters. The topological polar surface area (TPSA) is 16.4 Å². The molecule has 12 rings (SSSR count). The van der Waals surface area contributed by atoms with E-state index >= 15 is 0 Å². The molecule has 0 fully saturated rings. The number of hydrogen-bond donors (Lipinski definition) is 0. The number of furan rings is 1. The number of nitrogens with zero attached hydrogens (tertiary/aromatic N) is 1. The smallest absolute Gasteiger partial charge is 0.137 e. The van der Waals surface area contributed by atoms with Gasteiger partial charge in [0.2, 0.25) is 0 Å². The zero-order chi connectivity index (χ0) is 41.0.